The monoisotopic (exact) mass is 1060 g/mol. The number of amidine groups is 1. The maximum absolute atomic E-state index is 14.4. The van der Waals surface area contributed by atoms with Crippen LogP contribution in [-0.2, 0) is 27.0 Å². The van der Waals surface area contributed by atoms with E-state index in [4.69, 9.17) is 4.52 Å². The van der Waals surface area contributed by atoms with Crippen LogP contribution in [0.25, 0.3) is 10.4 Å². The van der Waals surface area contributed by atoms with Crippen LogP contribution in [0.15, 0.2) is 69.7 Å². The van der Waals surface area contributed by atoms with E-state index in [0.717, 1.165) is 96.6 Å². The first-order valence-corrected chi connectivity index (χ1v) is 27.6. The molecule has 4 fully saturated rings. The number of benzene rings is 2. The van der Waals surface area contributed by atoms with Gasteiger partial charge in [-0.25, -0.2) is 4.98 Å². The normalized spacial score (nSPS) is 21.0. The van der Waals surface area contributed by atoms with E-state index >= 15 is 0 Å². The highest BCUT2D eigenvalue weighted by atomic mass is 32.1. The van der Waals surface area contributed by atoms with E-state index in [1.54, 1.807) is 24.3 Å². The number of alkyl halides is 3. The lowest BCUT2D eigenvalue weighted by Crippen LogP contribution is -2.50. The van der Waals surface area contributed by atoms with Crippen molar-refractivity contribution in [3.8, 4) is 22.3 Å². The summed E-state index contributed by atoms with van der Waals surface area (Å²) in [5.41, 5.74) is 7.38. The van der Waals surface area contributed by atoms with E-state index in [0.29, 0.717) is 61.1 Å². The number of piperidine rings is 3. The largest absolute Gasteiger partial charge is 0.453 e. The lowest BCUT2D eigenvalue weighted by atomic mass is 9.88. The minimum atomic E-state index is -4.61. The van der Waals surface area contributed by atoms with Crippen molar-refractivity contribution >= 4 is 34.9 Å². The fourth-order valence-corrected chi connectivity index (χ4v) is 12.6. The van der Waals surface area contributed by atoms with Gasteiger partial charge >= 0.3 is 6.18 Å². The molecule has 5 aliphatic heterocycles. The van der Waals surface area contributed by atoms with Gasteiger partial charge in [-0.3, -0.25) is 14.4 Å². The van der Waals surface area contributed by atoms with E-state index < -0.39 is 42.0 Å². The van der Waals surface area contributed by atoms with Crippen molar-refractivity contribution < 1.29 is 37.2 Å². The Balaban J connectivity index is 0.711. The van der Waals surface area contributed by atoms with Gasteiger partial charge in [0.2, 0.25) is 17.7 Å². The van der Waals surface area contributed by atoms with E-state index in [-0.39, 0.29) is 42.9 Å². The van der Waals surface area contributed by atoms with Gasteiger partial charge in [-0.05, 0) is 106 Å². The lowest BCUT2D eigenvalue weighted by Gasteiger charge is -2.41. The number of rotatable bonds is 11. The van der Waals surface area contributed by atoms with Crippen LogP contribution >= 0.6 is 11.3 Å². The van der Waals surface area contributed by atoms with Gasteiger partial charge in [0, 0.05) is 75.6 Å². The first-order chi connectivity index (χ1) is 36.6. The number of aryl methyl sites for hydroxylation is 3. The van der Waals surface area contributed by atoms with Gasteiger partial charge in [-0.15, -0.1) is 21.5 Å². The van der Waals surface area contributed by atoms with Crippen LogP contribution in [0.2, 0.25) is 0 Å². The number of likely N-dealkylation sites (tertiary alicyclic amines) is 4. The van der Waals surface area contributed by atoms with Gasteiger partial charge in [0.05, 0.1) is 40.3 Å². The molecule has 3 amide bonds. The molecule has 10 rings (SSSR count). The minimum absolute atomic E-state index is 0.0104. The molecule has 76 heavy (non-hydrogen) atoms. The van der Waals surface area contributed by atoms with Gasteiger partial charge < -0.3 is 34.5 Å². The molecule has 5 aliphatic rings. The highest BCUT2D eigenvalue weighted by Crippen LogP contribution is 2.35. The van der Waals surface area contributed by atoms with Crippen LogP contribution in [-0.4, -0.2) is 137 Å². The molecule has 4 atom stereocenters. The average molecular weight is 1060 g/mol. The van der Waals surface area contributed by atoms with Crippen LogP contribution in [0.4, 0.5) is 13.2 Å². The van der Waals surface area contributed by atoms with Gasteiger partial charge in [-0.1, -0.05) is 67.2 Å². The second kappa shape index (κ2) is 22.6. The zero-order chi connectivity index (χ0) is 53.3. The van der Waals surface area contributed by atoms with E-state index in [1.165, 1.54) is 10.5 Å². The SMILES string of the molecule is Cc1cc([C@H](C(=O)N2C[C@H](O)CC2C(=O)NC(CC(=O)N2CCC(N3CCC(C#Cc4ccc(C5CCN(C6=Nn7c(nnc7C(F)(F)F)CC6)CC5)cc4)CC3)CC2)c2ccc(-c3scnc3C)cc2)C(C)C)on1. The number of aliphatic hydroxyl groups is 1. The third-order valence-corrected chi connectivity index (χ3v) is 17.0. The number of carbonyl (C=O) groups excluding carboxylic acids is 3. The molecule has 2 unspecified atom stereocenters. The summed E-state index contributed by atoms with van der Waals surface area (Å²) in [5.74, 6) is 6.23. The van der Waals surface area contributed by atoms with Crippen molar-refractivity contribution in [3.63, 3.8) is 0 Å². The summed E-state index contributed by atoms with van der Waals surface area (Å²) in [7, 11) is 0. The summed E-state index contributed by atoms with van der Waals surface area (Å²) in [4.78, 5) is 56.3. The van der Waals surface area contributed by atoms with Gasteiger partial charge in [0.1, 0.15) is 23.6 Å². The van der Waals surface area contributed by atoms with Crippen LogP contribution < -0.4 is 5.32 Å². The Labute approximate surface area is 445 Å². The minimum Gasteiger partial charge on any atom is -0.391 e. The molecule has 0 saturated carbocycles. The number of hydrogen-bond acceptors (Lipinski definition) is 13. The lowest BCUT2D eigenvalue weighted by molar-refractivity contribution is -0.147. The summed E-state index contributed by atoms with van der Waals surface area (Å²) in [6.45, 7) is 12.2. The van der Waals surface area contributed by atoms with Gasteiger partial charge in [0.25, 0.3) is 5.82 Å². The molecule has 20 heteroatoms. The first kappa shape index (κ1) is 53.0. The zero-order valence-corrected chi connectivity index (χ0v) is 44.3. The van der Waals surface area contributed by atoms with Crippen LogP contribution in [0.1, 0.15) is 135 Å². The molecule has 0 spiro atoms. The van der Waals surface area contributed by atoms with Crippen molar-refractivity contribution in [1.29, 1.82) is 0 Å². The van der Waals surface area contributed by atoms with E-state index in [2.05, 4.69) is 76.7 Å². The molecule has 402 valence electrons. The molecule has 0 aliphatic carbocycles. The number of aromatic nitrogens is 5. The number of nitrogens with one attached hydrogen (secondary N) is 1. The Bertz CT molecular complexity index is 2950. The Morgan fingerprint density at radius 2 is 1.63 bits per heavy atom. The molecular formula is C56H66F3N11O5S. The summed E-state index contributed by atoms with van der Waals surface area (Å²) in [6.07, 6.45) is 0.972. The third-order valence-electron chi connectivity index (χ3n) is 16.0. The molecule has 2 N–H and O–H groups in total. The molecule has 0 bridgehead atoms. The standard InChI is InChI=1S/C56H66F3N11O5S/c1-34(2)51(47-29-35(3)65-75-47)54(74)69-32-44(71)30-46(69)53(73)61-45(41-11-13-42(14-12-41)52-36(4)60-33-76-52)31-50(72)68-27-21-43(22-28-68)66-23-17-38(18-24-66)6-5-37-7-9-39(10-8-37)40-19-25-67(26-20-40)49-16-15-48-62-63-55(56(57,58)59)70(48)64-49/h7-14,29,33-34,38,40,43-46,51,71H,15-28,30-32H2,1-4H3,(H,61,73)/t44-,45?,46?,51-/m1/s1. The predicted octanol–water partition coefficient (Wildman–Crippen LogP) is 7.72. The smallest absolute Gasteiger partial charge is 0.391 e. The number of amides is 3. The first-order valence-electron chi connectivity index (χ1n) is 26.8. The van der Waals surface area contributed by atoms with Crippen LogP contribution in [0.5, 0.6) is 0 Å². The maximum Gasteiger partial charge on any atom is 0.453 e. The number of β-amino-alcohol motifs (C(OH)–C–C–N with tert-alkyl or cyclic N) is 1. The highest BCUT2D eigenvalue weighted by Gasteiger charge is 2.44. The van der Waals surface area contributed by atoms with Crippen LogP contribution in [0, 0.1) is 37.5 Å². The van der Waals surface area contributed by atoms with Crippen molar-refractivity contribution in [3.05, 3.63) is 106 Å². The van der Waals surface area contributed by atoms with Gasteiger partial charge in [-0.2, -0.15) is 22.9 Å². The van der Waals surface area contributed by atoms with Crippen molar-refractivity contribution in [2.75, 3.05) is 45.8 Å². The number of nitrogens with zero attached hydrogens (tertiary/aromatic N) is 10. The predicted molar refractivity (Wildman–Crippen MR) is 280 cm³/mol. The summed E-state index contributed by atoms with van der Waals surface area (Å²) in [5, 5.41) is 29.4. The van der Waals surface area contributed by atoms with E-state index in [1.807, 2.05) is 55.4 Å². The molecule has 0 radical (unpaired) electrons. The molecule has 16 nitrogen and oxygen atoms in total. The summed E-state index contributed by atoms with van der Waals surface area (Å²) in [6, 6.07) is 16.9. The van der Waals surface area contributed by atoms with E-state index in [9.17, 15) is 32.7 Å². The second-order valence-electron chi connectivity index (χ2n) is 21.5. The number of aliphatic hydroxyl groups excluding tert-OH is 1. The van der Waals surface area contributed by atoms with Crippen molar-refractivity contribution in [2.24, 2.45) is 16.9 Å². The summed E-state index contributed by atoms with van der Waals surface area (Å²) >= 11 is 1.55. The third kappa shape index (κ3) is 11.8. The maximum atomic E-state index is 14.4. The van der Waals surface area contributed by atoms with Crippen molar-refractivity contribution in [2.45, 2.75) is 134 Å². The summed E-state index contributed by atoms with van der Waals surface area (Å²) < 4.78 is 46.8. The Morgan fingerprint density at radius 3 is 2.28 bits per heavy atom. The molecule has 5 aromatic rings. The van der Waals surface area contributed by atoms with Gasteiger partial charge in [0.15, 0.2) is 5.82 Å². The molecule has 8 heterocycles. The zero-order valence-electron chi connectivity index (χ0n) is 43.5. The Morgan fingerprint density at radius 1 is 0.908 bits per heavy atom. The number of carbonyl (C=O) groups is 3. The van der Waals surface area contributed by atoms with Crippen LogP contribution in [0.3, 0.4) is 0 Å². The number of hydrogen-bond donors (Lipinski definition) is 2. The number of halogens is 3. The fraction of sp³-hybridized carbons (Fsp3) is 0.536. The Kier molecular flexibility index (Phi) is 15.8. The average Bonchev–Trinajstić information content (AvgIpc) is 4.26. The highest BCUT2D eigenvalue weighted by molar-refractivity contribution is 7.13. The molecule has 2 aromatic carbocycles. The molecular weight excluding hydrogens is 996 g/mol. The Hall–Kier alpha value is -6.43. The quantitative estimate of drug-likeness (QED) is 0.124. The number of fused-ring (bicyclic) bond motifs is 1. The second-order valence-corrected chi connectivity index (χ2v) is 22.3. The number of thiazole rings is 1. The molecule has 4 saturated heterocycles. The fourth-order valence-electron chi connectivity index (χ4n) is 11.8. The van der Waals surface area contributed by atoms with Crippen molar-refractivity contribution in [1.82, 2.24) is 49.9 Å². The topological polar surface area (TPSA) is 178 Å². The molecule has 3 aromatic heterocycles.